The molecule has 3 amide bonds. The van der Waals surface area contributed by atoms with E-state index in [4.69, 9.17) is 9.15 Å². The van der Waals surface area contributed by atoms with Gasteiger partial charge in [-0.1, -0.05) is 18.2 Å². The van der Waals surface area contributed by atoms with Crippen molar-refractivity contribution in [1.29, 1.82) is 0 Å². The molecule has 1 heterocycles. The molecule has 0 aliphatic carbocycles. The summed E-state index contributed by atoms with van der Waals surface area (Å²) in [6.45, 7) is 0.233. The highest BCUT2D eigenvalue weighted by Gasteiger charge is 2.12. The number of hydrogen-bond acceptors (Lipinski definition) is 4. The molecule has 7 heteroatoms. The molecule has 1 aromatic heterocycles. The summed E-state index contributed by atoms with van der Waals surface area (Å²) in [5, 5.41) is 7.84. The third kappa shape index (κ3) is 5.12. The van der Waals surface area contributed by atoms with E-state index in [2.05, 4.69) is 16.0 Å². The number of amides is 3. The van der Waals surface area contributed by atoms with Crippen molar-refractivity contribution in [2.45, 2.75) is 6.61 Å². The average Bonchev–Trinajstić information content (AvgIpc) is 3.18. The fourth-order valence-corrected chi connectivity index (χ4v) is 2.27. The molecule has 3 aromatic rings. The van der Waals surface area contributed by atoms with E-state index in [1.54, 1.807) is 36.4 Å². The summed E-state index contributed by atoms with van der Waals surface area (Å²) < 4.78 is 11.1. The lowest BCUT2D eigenvalue weighted by Crippen LogP contribution is -2.24. The number of urea groups is 1. The maximum atomic E-state index is 12.3. The van der Waals surface area contributed by atoms with Crippen molar-refractivity contribution in [2.75, 3.05) is 17.7 Å². The van der Waals surface area contributed by atoms with Crippen LogP contribution in [0.4, 0.5) is 16.2 Å². The van der Waals surface area contributed by atoms with Gasteiger partial charge in [-0.15, -0.1) is 0 Å². The first-order valence-electron chi connectivity index (χ1n) is 8.31. The Labute approximate surface area is 156 Å². The summed E-state index contributed by atoms with van der Waals surface area (Å²) in [4.78, 5) is 23.5. The van der Waals surface area contributed by atoms with Gasteiger partial charge in [0.25, 0.3) is 5.91 Å². The molecule has 27 heavy (non-hydrogen) atoms. The third-order valence-corrected chi connectivity index (χ3v) is 3.64. The molecule has 0 saturated heterocycles. The smallest absolute Gasteiger partial charge is 0.318 e. The van der Waals surface area contributed by atoms with Gasteiger partial charge >= 0.3 is 6.03 Å². The summed E-state index contributed by atoms with van der Waals surface area (Å²) in [6, 6.07) is 19.1. The van der Waals surface area contributed by atoms with Gasteiger partial charge < -0.3 is 25.1 Å². The number of carbonyl (C=O) groups is 2. The third-order valence-electron chi connectivity index (χ3n) is 3.64. The number of anilines is 2. The van der Waals surface area contributed by atoms with Gasteiger partial charge in [0.05, 0.1) is 0 Å². The van der Waals surface area contributed by atoms with Crippen LogP contribution in [0.3, 0.4) is 0 Å². The highest BCUT2D eigenvalue weighted by atomic mass is 16.5. The molecule has 138 valence electrons. The second-order valence-corrected chi connectivity index (χ2v) is 5.60. The Hall–Kier alpha value is -3.74. The van der Waals surface area contributed by atoms with Gasteiger partial charge in [-0.2, -0.15) is 0 Å². The summed E-state index contributed by atoms with van der Waals surface area (Å²) in [7, 11) is 1.53. The molecule has 0 fully saturated rings. The molecule has 0 spiro atoms. The monoisotopic (exact) mass is 365 g/mol. The van der Waals surface area contributed by atoms with E-state index in [-0.39, 0.29) is 24.3 Å². The number of furan rings is 1. The van der Waals surface area contributed by atoms with Gasteiger partial charge in [0, 0.05) is 18.4 Å². The van der Waals surface area contributed by atoms with Crippen LogP contribution in [0.1, 0.15) is 16.3 Å². The number of rotatable bonds is 6. The zero-order valence-corrected chi connectivity index (χ0v) is 14.7. The predicted octanol–water partition coefficient (Wildman–Crippen LogP) is 3.86. The highest BCUT2D eigenvalue weighted by Crippen LogP contribution is 2.17. The molecule has 0 radical (unpaired) electrons. The minimum Gasteiger partial charge on any atom is -0.486 e. The van der Waals surface area contributed by atoms with Crippen molar-refractivity contribution in [1.82, 2.24) is 5.32 Å². The van der Waals surface area contributed by atoms with E-state index < -0.39 is 0 Å². The first-order chi connectivity index (χ1) is 13.1. The molecule has 0 aliphatic heterocycles. The first kappa shape index (κ1) is 18.1. The molecule has 0 saturated carbocycles. The molecule has 0 aliphatic rings. The molecule has 2 aromatic carbocycles. The predicted molar refractivity (Wildman–Crippen MR) is 102 cm³/mol. The van der Waals surface area contributed by atoms with Crippen LogP contribution in [0.5, 0.6) is 5.75 Å². The van der Waals surface area contributed by atoms with Crippen LogP contribution in [-0.4, -0.2) is 19.0 Å². The van der Waals surface area contributed by atoms with Crippen LogP contribution in [-0.2, 0) is 6.61 Å². The van der Waals surface area contributed by atoms with Crippen LogP contribution in [0, 0.1) is 0 Å². The van der Waals surface area contributed by atoms with Gasteiger partial charge in [0.1, 0.15) is 18.1 Å². The summed E-state index contributed by atoms with van der Waals surface area (Å²) in [6.07, 6.45) is 0. The van der Waals surface area contributed by atoms with Crippen molar-refractivity contribution in [3.63, 3.8) is 0 Å². The number of ether oxygens (including phenoxy) is 1. The average molecular weight is 365 g/mol. The lowest BCUT2D eigenvalue weighted by Gasteiger charge is -2.07. The van der Waals surface area contributed by atoms with Crippen molar-refractivity contribution >= 4 is 23.3 Å². The Morgan fingerprint density at radius 2 is 1.56 bits per heavy atom. The fraction of sp³-hybridized carbons (Fsp3) is 0.100. The second-order valence-electron chi connectivity index (χ2n) is 5.60. The minimum atomic E-state index is -0.368. The Morgan fingerprint density at radius 3 is 2.22 bits per heavy atom. The molecular weight excluding hydrogens is 346 g/mol. The summed E-state index contributed by atoms with van der Waals surface area (Å²) in [5.74, 6) is 1.10. The lowest BCUT2D eigenvalue weighted by molar-refractivity contribution is 0.0992. The fourth-order valence-electron chi connectivity index (χ4n) is 2.27. The maximum absolute atomic E-state index is 12.3. The minimum absolute atomic E-state index is 0.189. The normalized spacial score (nSPS) is 10.1. The van der Waals surface area contributed by atoms with Gasteiger partial charge in [-0.25, -0.2) is 4.79 Å². The lowest BCUT2D eigenvalue weighted by atomic mass is 10.2. The van der Waals surface area contributed by atoms with Gasteiger partial charge in [-0.05, 0) is 48.5 Å². The molecule has 3 N–H and O–H groups in total. The number of para-hydroxylation sites is 1. The van der Waals surface area contributed by atoms with Crippen LogP contribution < -0.4 is 20.7 Å². The number of hydrogen-bond donors (Lipinski definition) is 3. The summed E-state index contributed by atoms with van der Waals surface area (Å²) >= 11 is 0. The molecule has 0 atom stereocenters. The van der Waals surface area contributed by atoms with Crippen molar-refractivity contribution in [3.8, 4) is 5.75 Å². The Morgan fingerprint density at radius 1 is 0.889 bits per heavy atom. The number of benzene rings is 2. The van der Waals surface area contributed by atoms with Crippen molar-refractivity contribution < 1.29 is 18.7 Å². The van der Waals surface area contributed by atoms with Gasteiger partial charge in [-0.3, -0.25) is 4.79 Å². The second kappa shape index (κ2) is 8.57. The van der Waals surface area contributed by atoms with Crippen LogP contribution >= 0.6 is 0 Å². The zero-order valence-electron chi connectivity index (χ0n) is 14.7. The van der Waals surface area contributed by atoms with E-state index in [0.29, 0.717) is 17.1 Å². The molecular formula is C20H19N3O4. The van der Waals surface area contributed by atoms with Crippen molar-refractivity contribution in [3.05, 3.63) is 78.3 Å². The van der Waals surface area contributed by atoms with Crippen molar-refractivity contribution in [2.24, 2.45) is 0 Å². The van der Waals surface area contributed by atoms with E-state index in [9.17, 15) is 9.59 Å². The number of nitrogens with one attached hydrogen (secondary N) is 3. The van der Waals surface area contributed by atoms with Gasteiger partial charge in [0.2, 0.25) is 0 Å². The zero-order chi connectivity index (χ0) is 19.1. The van der Waals surface area contributed by atoms with Crippen LogP contribution in [0.15, 0.2) is 71.1 Å². The highest BCUT2D eigenvalue weighted by molar-refractivity contribution is 6.02. The number of carbonyl (C=O) groups excluding carboxylic acids is 2. The molecule has 0 bridgehead atoms. The van der Waals surface area contributed by atoms with E-state index in [1.165, 1.54) is 7.05 Å². The quantitative estimate of drug-likeness (QED) is 0.618. The van der Waals surface area contributed by atoms with E-state index in [0.717, 1.165) is 5.75 Å². The maximum Gasteiger partial charge on any atom is 0.318 e. The Balaban J connectivity index is 1.55. The van der Waals surface area contributed by atoms with Gasteiger partial charge in [0.15, 0.2) is 5.76 Å². The van der Waals surface area contributed by atoms with Crippen LogP contribution in [0.2, 0.25) is 0 Å². The van der Waals surface area contributed by atoms with Crippen LogP contribution in [0.25, 0.3) is 0 Å². The molecule has 0 unspecified atom stereocenters. The van der Waals surface area contributed by atoms with E-state index >= 15 is 0 Å². The summed E-state index contributed by atoms with van der Waals surface area (Å²) in [5.41, 5.74) is 1.20. The molecule has 3 rings (SSSR count). The van der Waals surface area contributed by atoms with E-state index in [1.807, 2.05) is 30.3 Å². The standard InChI is InChI=1S/C20H19N3O4/c1-21-20(25)23-15-9-7-14(8-10-15)22-19(24)18-12-11-17(27-18)13-26-16-5-3-2-4-6-16/h2-12H,13H2,1H3,(H,22,24)(H2,21,23,25). The Bertz CT molecular complexity index is 904. The Kier molecular flexibility index (Phi) is 5.73. The first-order valence-corrected chi connectivity index (χ1v) is 8.31. The molecule has 7 nitrogen and oxygen atoms in total. The topological polar surface area (TPSA) is 92.6 Å². The SMILES string of the molecule is CNC(=O)Nc1ccc(NC(=O)c2ccc(COc3ccccc3)o2)cc1. The largest absolute Gasteiger partial charge is 0.486 e.